The molecule has 0 bridgehead atoms. The van der Waals surface area contributed by atoms with Crippen LogP contribution >= 0.6 is 11.8 Å². The number of benzene rings is 2. The van der Waals surface area contributed by atoms with Crippen LogP contribution in [0, 0.1) is 13.8 Å². The monoisotopic (exact) mass is 283 g/mol. The molecule has 3 heteroatoms. The molecule has 0 saturated heterocycles. The van der Waals surface area contributed by atoms with Crippen molar-refractivity contribution in [3.63, 3.8) is 0 Å². The zero-order chi connectivity index (χ0) is 14.5. The fourth-order valence-electron chi connectivity index (χ4n) is 1.84. The van der Waals surface area contributed by atoms with Gasteiger partial charge in [0.25, 0.3) is 0 Å². The Morgan fingerprint density at radius 1 is 1.15 bits per heavy atom. The minimum absolute atomic E-state index is 0.195. The number of carbonyl (C=O) groups excluding carboxylic acids is 1. The minimum Gasteiger partial charge on any atom is -0.323 e. The highest BCUT2D eigenvalue weighted by Crippen LogP contribution is 2.31. The van der Waals surface area contributed by atoms with E-state index >= 15 is 0 Å². The highest BCUT2D eigenvalue weighted by molar-refractivity contribution is 7.99. The first-order chi connectivity index (χ1) is 9.58. The van der Waals surface area contributed by atoms with Crippen LogP contribution in [-0.4, -0.2) is 5.91 Å². The Labute approximate surface area is 123 Å². The number of hydrogen-bond acceptors (Lipinski definition) is 2. The van der Waals surface area contributed by atoms with Crippen molar-refractivity contribution >= 4 is 23.4 Å². The van der Waals surface area contributed by atoms with Crippen LogP contribution in [0.4, 0.5) is 5.69 Å². The van der Waals surface area contributed by atoms with Gasteiger partial charge in [0.2, 0.25) is 5.91 Å². The van der Waals surface area contributed by atoms with Crippen molar-refractivity contribution in [3.8, 4) is 0 Å². The molecule has 0 fully saturated rings. The van der Waals surface area contributed by atoms with Crippen LogP contribution in [0.5, 0.6) is 0 Å². The van der Waals surface area contributed by atoms with Crippen LogP contribution in [0.15, 0.2) is 64.9 Å². The first-order valence-corrected chi connectivity index (χ1v) is 7.19. The van der Waals surface area contributed by atoms with Crippen LogP contribution in [0.1, 0.15) is 11.1 Å². The van der Waals surface area contributed by atoms with Gasteiger partial charge in [0.15, 0.2) is 0 Å². The molecule has 20 heavy (non-hydrogen) atoms. The van der Waals surface area contributed by atoms with Crippen LogP contribution in [0.2, 0.25) is 0 Å². The third-order valence-electron chi connectivity index (χ3n) is 2.87. The zero-order valence-electron chi connectivity index (χ0n) is 11.6. The lowest BCUT2D eigenvalue weighted by Gasteiger charge is -2.07. The molecule has 2 aromatic carbocycles. The molecule has 0 radical (unpaired) electrons. The standard InChI is InChI=1S/C17H17NOS/c1-4-17(19)18-14-6-8-15(9-7-14)20-16-10-5-12(2)11-13(16)3/h4-11H,1H2,2-3H3,(H,18,19). The van der Waals surface area contributed by atoms with Crippen molar-refractivity contribution < 1.29 is 4.79 Å². The molecule has 0 heterocycles. The quantitative estimate of drug-likeness (QED) is 0.832. The van der Waals surface area contributed by atoms with Crippen molar-refractivity contribution in [1.29, 1.82) is 0 Å². The Balaban J connectivity index is 2.10. The Kier molecular flexibility index (Phi) is 4.64. The van der Waals surface area contributed by atoms with E-state index in [-0.39, 0.29) is 5.91 Å². The van der Waals surface area contributed by atoms with E-state index in [2.05, 4.69) is 43.9 Å². The summed E-state index contributed by atoms with van der Waals surface area (Å²) in [5, 5.41) is 2.74. The molecule has 0 aliphatic rings. The van der Waals surface area contributed by atoms with Gasteiger partial charge in [0.1, 0.15) is 0 Å². The summed E-state index contributed by atoms with van der Waals surface area (Å²) < 4.78 is 0. The van der Waals surface area contributed by atoms with Crippen molar-refractivity contribution in [3.05, 3.63) is 66.2 Å². The lowest BCUT2D eigenvalue weighted by molar-refractivity contribution is -0.111. The van der Waals surface area contributed by atoms with E-state index in [4.69, 9.17) is 0 Å². The lowest BCUT2D eigenvalue weighted by Crippen LogP contribution is -2.06. The largest absolute Gasteiger partial charge is 0.323 e. The summed E-state index contributed by atoms with van der Waals surface area (Å²) in [7, 11) is 0. The Bertz CT molecular complexity index is 632. The van der Waals surface area contributed by atoms with Crippen molar-refractivity contribution in [2.75, 3.05) is 5.32 Å². The maximum absolute atomic E-state index is 11.2. The molecule has 0 atom stereocenters. The molecule has 0 spiro atoms. The second-order valence-corrected chi connectivity index (χ2v) is 5.70. The molecule has 2 aromatic rings. The maximum atomic E-state index is 11.2. The van der Waals surface area contributed by atoms with Crippen LogP contribution in [0.3, 0.4) is 0 Å². The molecule has 0 aliphatic carbocycles. The topological polar surface area (TPSA) is 29.1 Å². The van der Waals surface area contributed by atoms with Gasteiger partial charge in [-0.25, -0.2) is 0 Å². The van der Waals surface area contributed by atoms with Gasteiger partial charge in [-0.3, -0.25) is 4.79 Å². The zero-order valence-corrected chi connectivity index (χ0v) is 12.5. The minimum atomic E-state index is -0.195. The Hall–Kier alpha value is -2.00. The summed E-state index contributed by atoms with van der Waals surface area (Å²) in [4.78, 5) is 13.6. The molecule has 102 valence electrons. The lowest BCUT2D eigenvalue weighted by atomic mass is 10.2. The summed E-state index contributed by atoms with van der Waals surface area (Å²) in [6.07, 6.45) is 1.26. The molecule has 0 saturated carbocycles. The second kappa shape index (κ2) is 6.44. The molecular weight excluding hydrogens is 266 g/mol. The van der Waals surface area contributed by atoms with Crippen LogP contribution in [-0.2, 0) is 4.79 Å². The molecular formula is C17H17NOS. The second-order valence-electron chi connectivity index (χ2n) is 4.59. The smallest absolute Gasteiger partial charge is 0.247 e. The number of aryl methyl sites for hydroxylation is 2. The summed E-state index contributed by atoms with van der Waals surface area (Å²) in [6.45, 7) is 7.65. The van der Waals surface area contributed by atoms with Crippen LogP contribution < -0.4 is 5.32 Å². The summed E-state index contributed by atoms with van der Waals surface area (Å²) in [5.74, 6) is -0.195. The maximum Gasteiger partial charge on any atom is 0.247 e. The predicted octanol–water partition coefficient (Wildman–Crippen LogP) is 4.58. The molecule has 0 aromatic heterocycles. The van der Waals surface area contributed by atoms with E-state index in [0.717, 1.165) is 10.6 Å². The molecule has 2 rings (SSSR count). The fraction of sp³-hybridized carbons (Fsp3) is 0.118. The fourth-order valence-corrected chi connectivity index (χ4v) is 2.72. The van der Waals surface area contributed by atoms with Gasteiger partial charge >= 0.3 is 0 Å². The number of amides is 1. The molecule has 2 nitrogen and oxygen atoms in total. The van der Waals surface area contributed by atoms with Gasteiger partial charge in [0, 0.05) is 15.5 Å². The number of carbonyl (C=O) groups is 1. The number of nitrogens with one attached hydrogen (secondary N) is 1. The van der Waals surface area contributed by atoms with E-state index in [0.29, 0.717) is 0 Å². The Morgan fingerprint density at radius 2 is 1.85 bits per heavy atom. The van der Waals surface area contributed by atoms with E-state index in [1.807, 2.05) is 24.3 Å². The van der Waals surface area contributed by atoms with E-state index in [1.54, 1.807) is 11.8 Å². The van der Waals surface area contributed by atoms with Gasteiger partial charge in [-0.2, -0.15) is 0 Å². The molecule has 0 unspecified atom stereocenters. The van der Waals surface area contributed by atoms with Gasteiger partial charge < -0.3 is 5.32 Å². The first kappa shape index (κ1) is 14.4. The first-order valence-electron chi connectivity index (χ1n) is 6.37. The van der Waals surface area contributed by atoms with E-state index < -0.39 is 0 Å². The van der Waals surface area contributed by atoms with Crippen LogP contribution in [0.25, 0.3) is 0 Å². The Morgan fingerprint density at radius 3 is 2.45 bits per heavy atom. The van der Waals surface area contributed by atoms with Crippen molar-refractivity contribution in [1.82, 2.24) is 0 Å². The van der Waals surface area contributed by atoms with Gasteiger partial charge in [-0.1, -0.05) is 36.0 Å². The third kappa shape index (κ3) is 3.75. The average molecular weight is 283 g/mol. The third-order valence-corrected chi connectivity index (χ3v) is 4.05. The van der Waals surface area contributed by atoms with Crippen molar-refractivity contribution in [2.45, 2.75) is 23.6 Å². The SMILES string of the molecule is C=CC(=O)Nc1ccc(Sc2ccc(C)cc2C)cc1. The summed E-state index contributed by atoms with van der Waals surface area (Å²) in [6, 6.07) is 14.2. The van der Waals surface area contributed by atoms with Gasteiger partial charge in [-0.05, 0) is 55.8 Å². The number of hydrogen-bond donors (Lipinski definition) is 1. The highest BCUT2D eigenvalue weighted by atomic mass is 32.2. The van der Waals surface area contributed by atoms with Gasteiger partial charge in [0.05, 0.1) is 0 Å². The van der Waals surface area contributed by atoms with Crippen molar-refractivity contribution in [2.24, 2.45) is 0 Å². The summed E-state index contributed by atoms with van der Waals surface area (Å²) >= 11 is 1.72. The molecule has 1 amide bonds. The number of rotatable bonds is 4. The average Bonchev–Trinajstić information content (AvgIpc) is 2.44. The van der Waals surface area contributed by atoms with E-state index in [9.17, 15) is 4.79 Å². The summed E-state index contributed by atoms with van der Waals surface area (Å²) in [5.41, 5.74) is 3.33. The normalized spacial score (nSPS) is 10.1. The predicted molar refractivity (Wildman–Crippen MR) is 85.3 cm³/mol. The molecule has 0 aliphatic heterocycles. The number of anilines is 1. The molecule has 1 N–H and O–H groups in total. The van der Waals surface area contributed by atoms with E-state index in [1.165, 1.54) is 22.1 Å². The highest BCUT2D eigenvalue weighted by Gasteiger charge is 2.02. The van der Waals surface area contributed by atoms with Gasteiger partial charge in [-0.15, -0.1) is 0 Å².